The zero-order chi connectivity index (χ0) is 19.2. The lowest BCUT2D eigenvalue weighted by Crippen LogP contribution is -2.39. The third-order valence-corrected chi connectivity index (χ3v) is 4.41. The van der Waals surface area contributed by atoms with Gasteiger partial charge in [0.1, 0.15) is 0 Å². The molecule has 0 saturated carbocycles. The molecule has 0 unspecified atom stereocenters. The number of aromatic nitrogens is 2. The molecule has 2 aromatic rings. The Morgan fingerprint density at radius 3 is 3.04 bits per heavy atom. The summed E-state index contributed by atoms with van der Waals surface area (Å²) in [7, 11) is 0. The highest BCUT2D eigenvalue weighted by molar-refractivity contribution is 5.95. The lowest BCUT2D eigenvalue weighted by Gasteiger charge is -2.21. The fourth-order valence-electron chi connectivity index (χ4n) is 3.16. The highest BCUT2D eigenvalue weighted by Gasteiger charge is 2.30. The molecule has 1 atom stereocenters. The summed E-state index contributed by atoms with van der Waals surface area (Å²) in [4.78, 5) is 26.4. The molecule has 1 aromatic carbocycles. The summed E-state index contributed by atoms with van der Waals surface area (Å²) in [6.07, 6.45) is 8.83. The molecule has 0 radical (unpaired) electrons. The van der Waals surface area contributed by atoms with Gasteiger partial charge in [0, 0.05) is 11.9 Å². The number of anilines is 1. The average Bonchev–Trinajstić information content (AvgIpc) is 3.32. The van der Waals surface area contributed by atoms with Crippen molar-refractivity contribution in [2.24, 2.45) is 0 Å². The third-order valence-electron chi connectivity index (χ3n) is 4.41. The Bertz CT molecular complexity index is 868. The van der Waals surface area contributed by atoms with E-state index in [1.807, 2.05) is 23.1 Å². The van der Waals surface area contributed by atoms with Crippen molar-refractivity contribution < 1.29 is 14.3 Å². The van der Waals surface area contributed by atoms with E-state index in [0.29, 0.717) is 18.8 Å². The first kappa shape index (κ1) is 18.7. The van der Waals surface area contributed by atoms with E-state index < -0.39 is 5.97 Å². The summed E-state index contributed by atoms with van der Waals surface area (Å²) in [5.41, 5.74) is 1.63. The zero-order valence-electron chi connectivity index (χ0n) is 15.2. The quantitative estimate of drug-likeness (QED) is 0.626. The van der Waals surface area contributed by atoms with Crippen LogP contribution in [0, 0.1) is 12.3 Å². The van der Waals surface area contributed by atoms with E-state index in [-0.39, 0.29) is 17.6 Å². The first-order chi connectivity index (χ1) is 13.1. The molecule has 7 heteroatoms. The number of likely N-dealkylation sites (tertiary alicyclic amines) is 1. The molecular formula is C20H22N4O3. The number of carbonyl (C=O) groups excluding carboxylic acids is 2. The number of nitrogens with zero attached hydrogens (tertiary/aromatic N) is 3. The number of rotatable bonds is 6. The summed E-state index contributed by atoms with van der Waals surface area (Å²) in [6, 6.07) is 8.68. The molecule has 1 fully saturated rings. The molecule has 0 spiro atoms. The molecule has 2 heterocycles. The van der Waals surface area contributed by atoms with E-state index in [1.54, 1.807) is 29.9 Å². The fraction of sp³-hybridized carbons (Fsp3) is 0.350. The molecule has 7 nitrogen and oxygen atoms in total. The fourth-order valence-corrected chi connectivity index (χ4v) is 3.16. The Hall–Kier alpha value is -3.11. The number of terminal acetylenes is 1. The van der Waals surface area contributed by atoms with E-state index in [1.165, 1.54) is 0 Å². The SMILES string of the molecule is C#CCN1CCC[C@H]1C(=O)Nc1cccc(-n2ccc(C(=O)OCC)n2)c1. The van der Waals surface area contributed by atoms with Gasteiger partial charge in [-0.15, -0.1) is 6.42 Å². The topological polar surface area (TPSA) is 76.5 Å². The predicted molar refractivity (Wildman–Crippen MR) is 102 cm³/mol. The van der Waals surface area contributed by atoms with Gasteiger partial charge in [0.2, 0.25) is 5.91 Å². The molecule has 1 saturated heterocycles. The Balaban J connectivity index is 1.71. The van der Waals surface area contributed by atoms with Crippen molar-refractivity contribution in [3.8, 4) is 18.0 Å². The van der Waals surface area contributed by atoms with Crippen molar-refractivity contribution in [1.29, 1.82) is 0 Å². The van der Waals surface area contributed by atoms with Gasteiger partial charge in [0.25, 0.3) is 0 Å². The van der Waals surface area contributed by atoms with E-state index in [2.05, 4.69) is 16.3 Å². The normalized spacial score (nSPS) is 16.7. The summed E-state index contributed by atoms with van der Waals surface area (Å²) in [5.74, 6) is 2.08. The second-order valence-electron chi connectivity index (χ2n) is 6.24. The smallest absolute Gasteiger partial charge is 0.358 e. The van der Waals surface area contributed by atoms with Gasteiger partial charge in [-0.05, 0) is 50.6 Å². The zero-order valence-corrected chi connectivity index (χ0v) is 15.2. The van der Waals surface area contributed by atoms with Crippen LogP contribution in [0.25, 0.3) is 5.69 Å². The van der Waals surface area contributed by atoms with E-state index in [9.17, 15) is 9.59 Å². The number of nitrogens with one attached hydrogen (secondary N) is 1. The number of ether oxygens (including phenoxy) is 1. The van der Waals surface area contributed by atoms with Crippen LogP contribution in [0.2, 0.25) is 0 Å². The number of amides is 1. The van der Waals surface area contributed by atoms with Crippen molar-refractivity contribution in [1.82, 2.24) is 14.7 Å². The molecule has 1 aliphatic rings. The van der Waals surface area contributed by atoms with Crippen LogP contribution >= 0.6 is 0 Å². The molecule has 1 N–H and O–H groups in total. The van der Waals surface area contributed by atoms with Crippen molar-refractivity contribution in [2.45, 2.75) is 25.8 Å². The van der Waals surface area contributed by atoms with Gasteiger partial charge in [-0.2, -0.15) is 5.10 Å². The van der Waals surface area contributed by atoms with Gasteiger partial charge < -0.3 is 10.1 Å². The van der Waals surface area contributed by atoms with Gasteiger partial charge in [-0.25, -0.2) is 9.48 Å². The van der Waals surface area contributed by atoms with Crippen LogP contribution in [0.3, 0.4) is 0 Å². The maximum atomic E-state index is 12.6. The van der Waals surface area contributed by atoms with Crippen molar-refractivity contribution in [2.75, 3.05) is 25.0 Å². The molecule has 3 rings (SSSR count). The van der Waals surface area contributed by atoms with E-state index in [4.69, 9.17) is 11.2 Å². The van der Waals surface area contributed by atoms with Gasteiger partial charge in [-0.3, -0.25) is 9.69 Å². The van der Waals surface area contributed by atoms with Crippen LogP contribution in [0.1, 0.15) is 30.3 Å². The molecular weight excluding hydrogens is 344 g/mol. The van der Waals surface area contributed by atoms with Crippen molar-refractivity contribution in [3.05, 3.63) is 42.2 Å². The number of hydrogen-bond donors (Lipinski definition) is 1. The minimum Gasteiger partial charge on any atom is -0.461 e. The Kier molecular flexibility index (Phi) is 5.89. The van der Waals surface area contributed by atoms with Gasteiger partial charge in [0.05, 0.1) is 24.9 Å². The van der Waals surface area contributed by atoms with Gasteiger partial charge in [0.15, 0.2) is 5.69 Å². The number of esters is 1. The number of carbonyl (C=O) groups is 2. The lowest BCUT2D eigenvalue weighted by molar-refractivity contribution is -0.120. The standard InChI is InChI=1S/C20H22N4O3/c1-3-11-23-12-6-9-18(23)19(25)21-15-7-5-8-16(14-15)24-13-10-17(22-24)20(26)27-4-2/h1,5,7-8,10,13-14,18H,4,6,9,11-12H2,2H3,(H,21,25)/t18-/m0/s1. The molecule has 0 bridgehead atoms. The van der Waals surface area contributed by atoms with E-state index >= 15 is 0 Å². The van der Waals surface area contributed by atoms with Crippen LogP contribution in [0.4, 0.5) is 5.69 Å². The summed E-state index contributed by atoms with van der Waals surface area (Å²) in [6.45, 7) is 3.36. The van der Waals surface area contributed by atoms with Crippen LogP contribution in [0.15, 0.2) is 36.5 Å². The van der Waals surface area contributed by atoms with Gasteiger partial charge >= 0.3 is 5.97 Å². The minimum absolute atomic E-state index is 0.0624. The molecule has 1 amide bonds. The molecule has 1 aromatic heterocycles. The number of benzene rings is 1. The predicted octanol–water partition coefficient (Wildman–Crippen LogP) is 2.09. The first-order valence-corrected chi connectivity index (χ1v) is 8.94. The highest BCUT2D eigenvalue weighted by Crippen LogP contribution is 2.20. The summed E-state index contributed by atoms with van der Waals surface area (Å²) in [5, 5.41) is 7.18. The van der Waals surface area contributed by atoms with Gasteiger partial charge in [-0.1, -0.05) is 12.0 Å². The van der Waals surface area contributed by atoms with Crippen molar-refractivity contribution >= 4 is 17.6 Å². The summed E-state index contributed by atoms with van der Waals surface area (Å²) >= 11 is 0. The number of hydrogen-bond acceptors (Lipinski definition) is 5. The van der Waals surface area contributed by atoms with Crippen molar-refractivity contribution in [3.63, 3.8) is 0 Å². The largest absolute Gasteiger partial charge is 0.461 e. The van der Waals surface area contributed by atoms with Crippen LogP contribution in [-0.4, -0.2) is 52.3 Å². The Morgan fingerprint density at radius 1 is 1.41 bits per heavy atom. The lowest BCUT2D eigenvalue weighted by atomic mass is 10.2. The summed E-state index contributed by atoms with van der Waals surface area (Å²) < 4.78 is 6.52. The second kappa shape index (κ2) is 8.52. The average molecular weight is 366 g/mol. The molecule has 140 valence electrons. The maximum Gasteiger partial charge on any atom is 0.358 e. The van der Waals surface area contributed by atoms with Crippen LogP contribution in [0.5, 0.6) is 0 Å². The monoisotopic (exact) mass is 366 g/mol. The minimum atomic E-state index is -0.462. The third kappa shape index (κ3) is 4.36. The molecule has 1 aliphatic heterocycles. The maximum absolute atomic E-state index is 12.6. The Labute approximate surface area is 158 Å². The molecule has 0 aliphatic carbocycles. The Morgan fingerprint density at radius 2 is 2.26 bits per heavy atom. The second-order valence-corrected chi connectivity index (χ2v) is 6.24. The molecule has 27 heavy (non-hydrogen) atoms. The first-order valence-electron chi connectivity index (χ1n) is 8.94. The highest BCUT2D eigenvalue weighted by atomic mass is 16.5. The van der Waals surface area contributed by atoms with Crippen LogP contribution < -0.4 is 5.32 Å². The van der Waals surface area contributed by atoms with Crippen LogP contribution in [-0.2, 0) is 9.53 Å². The van der Waals surface area contributed by atoms with E-state index in [0.717, 1.165) is 25.1 Å².